The van der Waals surface area contributed by atoms with Gasteiger partial charge in [0.05, 0.1) is 25.7 Å². The van der Waals surface area contributed by atoms with Crippen LogP contribution < -0.4 is 0 Å². The molecule has 19 heavy (non-hydrogen) atoms. The smallest absolute Gasteiger partial charge is 0.315 e. The third kappa shape index (κ3) is 5.89. The number of phenolic OH excluding ortho intramolecular Hbond substituents is 1. The Morgan fingerprint density at radius 1 is 1.00 bits per heavy atom. The van der Waals surface area contributed by atoms with E-state index in [-0.39, 0.29) is 29.2 Å². The topological polar surface area (TPSA) is 72.8 Å². The van der Waals surface area contributed by atoms with Crippen LogP contribution in [0.4, 0.5) is 0 Å². The molecule has 0 fully saturated rings. The summed E-state index contributed by atoms with van der Waals surface area (Å²) in [6.45, 7) is 0. The fourth-order valence-electron chi connectivity index (χ4n) is 1.13. The number of aromatic hydroxyl groups is 1. The third-order valence-corrected chi connectivity index (χ3v) is 3.93. The highest BCUT2D eigenvalue weighted by atomic mass is 32.2. The number of carbonyl (C=O) groups is 2. The van der Waals surface area contributed by atoms with Crippen LogP contribution in [-0.2, 0) is 19.1 Å². The standard InChI is InChI=1S/C12H14O5S2/c1-16-11(14)6-18-9-3-8(13)4-10(5-9)19-7-12(15)17-2/h3-5,13H,6-7H2,1-2H3. The Labute approximate surface area is 119 Å². The van der Waals surface area contributed by atoms with E-state index in [0.717, 1.165) is 9.79 Å². The number of hydrogen-bond acceptors (Lipinski definition) is 7. The van der Waals surface area contributed by atoms with Crippen molar-refractivity contribution in [3.63, 3.8) is 0 Å². The van der Waals surface area contributed by atoms with E-state index in [1.165, 1.54) is 37.7 Å². The van der Waals surface area contributed by atoms with Gasteiger partial charge in [-0.2, -0.15) is 0 Å². The maximum absolute atomic E-state index is 11.0. The van der Waals surface area contributed by atoms with Gasteiger partial charge < -0.3 is 14.6 Å². The van der Waals surface area contributed by atoms with Crippen LogP contribution in [0.3, 0.4) is 0 Å². The summed E-state index contributed by atoms with van der Waals surface area (Å²) in [4.78, 5) is 23.5. The van der Waals surface area contributed by atoms with Gasteiger partial charge in [-0.3, -0.25) is 9.59 Å². The van der Waals surface area contributed by atoms with Gasteiger partial charge in [-0.1, -0.05) is 0 Å². The van der Waals surface area contributed by atoms with Crippen molar-refractivity contribution in [2.45, 2.75) is 9.79 Å². The number of methoxy groups -OCH3 is 2. The van der Waals surface area contributed by atoms with Crippen molar-refractivity contribution < 1.29 is 24.2 Å². The Bertz CT molecular complexity index is 423. The van der Waals surface area contributed by atoms with Crippen molar-refractivity contribution in [3.8, 4) is 5.75 Å². The van der Waals surface area contributed by atoms with E-state index < -0.39 is 0 Å². The van der Waals surface area contributed by atoms with Gasteiger partial charge in [0, 0.05) is 9.79 Å². The molecule has 0 aliphatic carbocycles. The molecule has 1 rings (SSSR count). The molecule has 104 valence electrons. The monoisotopic (exact) mass is 302 g/mol. The van der Waals surface area contributed by atoms with Crippen LogP contribution in [0, 0.1) is 0 Å². The summed E-state index contributed by atoms with van der Waals surface area (Å²) in [6.07, 6.45) is 0. The van der Waals surface area contributed by atoms with Crippen molar-refractivity contribution in [3.05, 3.63) is 18.2 Å². The van der Waals surface area contributed by atoms with Gasteiger partial charge >= 0.3 is 11.9 Å². The molecule has 0 aromatic heterocycles. The molecule has 0 saturated heterocycles. The van der Waals surface area contributed by atoms with Gasteiger partial charge in [-0.15, -0.1) is 23.5 Å². The normalized spacial score (nSPS) is 10.0. The number of phenols is 1. The van der Waals surface area contributed by atoms with E-state index in [0.29, 0.717) is 0 Å². The predicted octanol–water partition coefficient (Wildman–Crippen LogP) is 1.92. The zero-order valence-corrected chi connectivity index (χ0v) is 12.2. The SMILES string of the molecule is COC(=O)CSc1cc(O)cc(SCC(=O)OC)c1. The molecule has 0 bridgehead atoms. The van der Waals surface area contributed by atoms with Crippen LogP contribution in [0.15, 0.2) is 28.0 Å². The van der Waals surface area contributed by atoms with Crippen LogP contribution >= 0.6 is 23.5 Å². The first kappa shape index (κ1) is 15.7. The number of thioether (sulfide) groups is 2. The summed E-state index contributed by atoms with van der Waals surface area (Å²) in [5.74, 6) is -0.251. The predicted molar refractivity (Wildman–Crippen MR) is 73.6 cm³/mol. The zero-order chi connectivity index (χ0) is 14.3. The van der Waals surface area contributed by atoms with Crippen LogP contribution in [0.25, 0.3) is 0 Å². The van der Waals surface area contributed by atoms with Gasteiger partial charge in [-0.25, -0.2) is 0 Å². The summed E-state index contributed by atoms with van der Waals surface area (Å²) in [5, 5.41) is 9.58. The molecule has 1 aromatic rings. The molecule has 0 amide bonds. The third-order valence-electron chi connectivity index (χ3n) is 2.03. The molecule has 0 aliphatic heterocycles. The summed E-state index contributed by atoms with van der Waals surface area (Å²) >= 11 is 2.51. The van der Waals surface area contributed by atoms with E-state index in [9.17, 15) is 14.7 Å². The second kappa shape index (κ2) is 7.96. The summed E-state index contributed by atoms with van der Waals surface area (Å²) in [6, 6.07) is 4.90. The molecule has 0 saturated carbocycles. The van der Waals surface area contributed by atoms with E-state index in [1.807, 2.05) is 0 Å². The van der Waals surface area contributed by atoms with Gasteiger partial charge in [0.15, 0.2) is 0 Å². The molecule has 5 nitrogen and oxygen atoms in total. The number of hydrogen-bond donors (Lipinski definition) is 1. The van der Waals surface area contributed by atoms with Gasteiger partial charge in [-0.05, 0) is 18.2 Å². The summed E-state index contributed by atoms with van der Waals surface area (Å²) in [7, 11) is 2.64. The quantitative estimate of drug-likeness (QED) is 0.635. The first-order chi connectivity index (χ1) is 9.05. The molecule has 0 radical (unpaired) electrons. The summed E-state index contributed by atoms with van der Waals surface area (Å²) in [5.41, 5.74) is 0. The highest BCUT2D eigenvalue weighted by Crippen LogP contribution is 2.30. The van der Waals surface area contributed by atoms with Crippen molar-refractivity contribution in [1.82, 2.24) is 0 Å². The minimum atomic E-state index is -0.336. The average Bonchev–Trinajstić information content (AvgIpc) is 2.41. The van der Waals surface area contributed by atoms with Gasteiger partial charge in [0.2, 0.25) is 0 Å². The van der Waals surface area contributed by atoms with Crippen molar-refractivity contribution in [2.75, 3.05) is 25.7 Å². The molecular weight excluding hydrogens is 288 g/mol. The lowest BCUT2D eigenvalue weighted by Crippen LogP contribution is -2.03. The largest absolute Gasteiger partial charge is 0.508 e. The van der Waals surface area contributed by atoms with Crippen molar-refractivity contribution >= 4 is 35.5 Å². The molecule has 0 heterocycles. The van der Waals surface area contributed by atoms with Crippen molar-refractivity contribution in [1.29, 1.82) is 0 Å². The summed E-state index contributed by atoms with van der Waals surface area (Å²) < 4.78 is 9.07. The fourth-order valence-corrected chi connectivity index (χ4v) is 2.83. The lowest BCUT2D eigenvalue weighted by molar-refractivity contribution is -0.138. The Morgan fingerprint density at radius 3 is 1.79 bits per heavy atom. The fraction of sp³-hybridized carbons (Fsp3) is 0.333. The lowest BCUT2D eigenvalue weighted by atomic mass is 10.3. The van der Waals surface area contributed by atoms with Gasteiger partial charge in [0.25, 0.3) is 0 Å². The Hall–Kier alpha value is -1.34. The number of esters is 2. The molecule has 0 spiro atoms. The molecule has 0 atom stereocenters. The molecule has 7 heteroatoms. The van der Waals surface area contributed by atoms with Gasteiger partial charge in [0.1, 0.15) is 5.75 Å². The second-order valence-corrected chi connectivity index (χ2v) is 5.49. The van der Waals surface area contributed by atoms with Crippen LogP contribution in [0.5, 0.6) is 5.75 Å². The highest BCUT2D eigenvalue weighted by Gasteiger charge is 2.07. The first-order valence-electron chi connectivity index (χ1n) is 5.28. The van der Waals surface area contributed by atoms with E-state index >= 15 is 0 Å². The highest BCUT2D eigenvalue weighted by molar-refractivity contribution is 8.00. The van der Waals surface area contributed by atoms with E-state index in [1.54, 1.807) is 18.2 Å². The number of rotatable bonds is 6. The lowest BCUT2D eigenvalue weighted by Gasteiger charge is -2.06. The minimum Gasteiger partial charge on any atom is -0.508 e. The maximum Gasteiger partial charge on any atom is 0.315 e. The Balaban J connectivity index is 2.65. The minimum absolute atomic E-state index is 0.0854. The molecular formula is C12H14O5S2. The molecule has 0 aliphatic rings. The number of ether oxygens (including phenoxy) is 2. The van der Waals surface area contributed by atoms with Crippen LogP contribution in [-0.4, -0.2) is 42.8 Å². The molecule has 1 aromatic carbocycles. The second-order valence-electron chi connectivity index (χ2n) is 3.39. The maximum atomic E-state index is 11.0. The van der Waals surface area contributed by atoms with E-state index in [4.69, 9.17) is 0 Å². The molecule has 1 N–H and O–H groups in total. The van der Waals surface area contributed by atoms with E-state index in [2.05, 4.69) is 9.47 Å². The van der Waals surface area contributed by atoms with Crippen LogP contribution in [0.1, 0.15) is 0 Å². The Kier molecular flexibility index (Phi) is 6.58. The molecule has 0 unspecified atom stereocenters. The Morgan fingerprint density at radius 2 is 1.42 bits per heavy atom. The number of carbonyl (C=O) groups excluding carboxylic acids is 2. The average molecular weight is 302 g/mol. The first-order valence-corrected chi connectivity index (χ1v) is 7.25. The zero-order valence-electron chi connectivity index (χ0n) is 10.5. The number of benzene rings is 1. The van der Waals surface area contributed by atoms with Crippen LogP contribution in [0.2, 0.25) is 0 Å². The van der Waals surface area contributed by atoms with Crippen molar-refractivity contribution in [2.24, 2.45) is 0 Å².